The van der Waals surface area contributed by atoms with Gasteiger partial charge >= 0.3 is 0 Å². The van der Waals surface area contributed by atoms with Gasteiger partial charge in [0.1, 0.15) is 0 Å². The maximum absolute atomic E-state index is 12.2. The highest BCUT2D eigenvalue weighted by Crippen LogP contribution is 2.14. The van der Waals surface area contributed by atoms with E-state index < -0.39 is 0 Å². The van der Waals surface area contributed by atoms with Crippen LogP contribution in [0.1, 0.15) is 40.0 Å². The van der Waals surface area contributed by atoms with Crippen molar-refractivity contribution in [1.82, 2.24) is 15.5 Å². The molecule has 0 radical (unpaired) electrons. The predicted molar refractivity (Wildman–Crippen MR) is 86.4 cm³/mol. The van der Waals surface area contributed by atoms with E-state index in [0.717, 1.165) is 38.9 Å². The fraction of sp³-hybridized carbons (Fsp3) is 0.938. The molecule has 0 aromatic carbocycles. The first-order valence-corrected chi connectivity index (χ1v) is 8.35. The van der Waals surface area contributed by atoms with Gasteiger partial charge in [0.15, 0.2) is 0 Å². The Morgan fingerprint density at radius 3 is 2.71 bits per heavy atom. The molecule has 0 spiro atoms. The maximum Gasteiger partial charge on any atom is 0.227 e. The number of rotatable bonds is 10. The summed E-state index contributed by atoms with van der Waals surface area (Å²) in [5.41, 5.74) is 0. The molecule has 5 heteroatoms. The second kappa shape index (κ2) is 10.1. The molecule has 21 heavy (non-hydrogen) atoms. The smallest absolute Gasteiger partial charge is 0.227 e. The van der Waals surface area contributed by atoms with E-state index in [2.05, 4.69) is 43.4 Å². The van der Waals surface area contributed by atoms with Crippen LogP contribution in [0, 0.1) is 5.92 Å². The predicted octanol–water partition coefficient (Wildman–Crippen LogP) is 1.24. The highest BCUT2D eigenvalue weighted by Gasteiger charge is 2.33. The molecule has 0 aliphatic carbocycles. The number of amides is 1. The summed E-state index contributed by atoms with van der Waals surface area (Å²) in [5.74, 6) is 0.105. The van der Waals surface area contributed by atoms with Gasteiger partial charge in [-0.05, 0) is 53.2 Å². The Labute approximate surface area is 129 Å². The third-order valence-corrected chi connectivity index (χ3v) is 4.19. The van der Waals surface area contributed by atoms with Crippen LogP contribution in [0.15, 0.2) is 0 Å². The summed E-state index contributed by atoms with van der Waals surface area (Å²) >= 11 is 0. The summed E-state index contributed by atoms with van der Waals surface area (Å²) in [6.45, 7) is 10.5. The van der Waals surface area contributed by atoms with Crippen LogP contribution in [-0.4, -0.2) is 62.8 Å². The van der Waals surface area contributed by atoms with Gasteiger partial charge < -0.3 is 20.3 Å². The summed E-state index contributed by atoms with van der Waals surface area (Å²) in [4.78, 5) is 14.5. The van der Waals surface area contributed by atoms with Crippen LogP contribution in [0.5, 0.6) is 0 Å². The van der Waals surface area contributed by atoms with Crippen molar-refractivity contribution in [2.24, 2.45) is 5.92 Å². The number of carbonyl (C=O) groups is 1. The van der Waals surface area contributed by atoms with E-state index >= 15 is 0 Å². The van der Waals surface area contributed by atoms with E-state index in [1.807, 2.05) is 0 Å². The quantitative estimate of drug-likeness (QED) is 0.596. The van der Waals surface area contributed by atoms with Crippen LogP contribution >= 0.6 is 0 Å². The zero-order chi connectivity index (χ0) is 15.7. The number of unbranched alkanes of at least 4 members (excludes halogenated alkanes) is 1. The largest absolute Gasteiger partial charge is 0.379 e. The van der Waals surface area contributed by atoms with Gasteiger partial charge in [-0.3, -0.25) is 4.79 Å². The second-order valence-corrected chi connectivity index (χ2v) is 6.28. The summed E-state index contributed by atoms with van der Waals surface area (Å²) in [6.07, 6.45) is 3.23. The summed E-state index contributed by atoms with van der Waals surface area (Å²) in [5, 5.41) is 6.46. The van der Waals surface area contributed by atoms with Crippen molar-refractivity contribution in [2.75, 3.05) is 39.9 Å². The molecule has 1 aliphatic rings. The molecule has 2 atom stereocenters. The minimum atomic E-state index is -0.0325. The van der Waals surface area contributed by atoms with Crippen LogP contribution in [0.25, 0.3) is 0 Å². The molecule has 0 aromatic heterocycles. The number of carbonyl (C=O) groups excluding carboxylic acids is 1. The average Bonchev–Trinajstić information content (AvgIpc) is 2.92. The Hall–Kier alpha value is -0.650. The Morgan fingerprint density at radius 2 is 2.05 bits per heavy atom. The molecule has 1 heterocycles. The Bertz CT molecular complexity index is 297. The highest BCUT2D eigenvalue weighted by atomic mass is 16.5. The molecule has 0 saturated carbocycles. The summed E-state index contributed by atoms with van der Waals surface area (Å²) < 4.78 is 5.44. The molecule has 1 rings (SSSR count). The molecule has 1 aliphatic heterocycles. The molecule has 1 saturated heterocycles. The van der Waals surface area contributed by atoms with Crippen molar-refractivity contribution in [3.8, 4) is 0 Å². The van der Waals surface area contributed by atoms with E-state index in [1.165, 1.54) is 0 Å². The number of nitrogens with zero attached hydrogens (tertiary/aromatic N) is 1. The van der Waals surface area contributed by atoms with Gasteiger partial charge in [0.2, 0.25) is 5.91 Å². The zero-order valence-corrected chi connectivity index (χ0v) is 14.2. The van der Waals surface area contributed by atoms with E-state index in [4.69, 9.17) is 4.74 Å². The third-order valence-electron chi connectivity index (χ3n) is 4.19. The second-order valence-electron chi connectivity index (χ2n) is 6.28. The first kappa shape index (κ1) is 18.4. The van der Waals surface area contributed by atoms with Gasteiger partial charge in [0, 0.05) is 18.6 Å². The molecule has 0 bridgehead atoms. The average molecular weight is 299 g/mol. The first-order valence-electron chi connectivity index (χ1n) is 8.35. The molecular formula is C16H33N3O2. The van der Waals surface area contributed by atoms with E-state index in [9.17, 15) is 4.79 Å². The zero-order valence-electron chi connectivity index (χ0n) is 14.2. The Balaban J connectivity index is 2.15. The van der Waals surface area contributed by atoms with Crippen LogP contribution in [0.2, 0.25) is 0 Å². The lowest BCUT2D eigenvalue weighted by molar-refractivity contribution is -0.125. The molecule has 5 nitrogen and oxygen atoms in total. The van der Waals surface area contributed by atoms with E-state index in [0.29, 0.717) is 19.3 Å². The maximum atomic E-state index is 12.2. The molecule has 1 fully saturated rings. The van der Waals surface area contributed by atoms with Crippen molar-refractivity contribution in [1.29, 1.82) is 0 Å². The summed E-state index contributed by atoms with van der Waals surface area (Å²) in [7, 11) is 2.14. The topological polar surface area (TPSA) is 53.6 Å². The first-order chi connectivity index (χ1) is 10.1. The van der Waals surface area contributed by atoms with Gasteiger partial charge in [-0.2, -0.15) is 0 Å². The van der Waals surface area contributed by atoms with E-state index in [1.54, 1.807) is 0 Å². The van der Waals surface area contributed by atoms with Crippen molar-refractivity contribution in [3.63, 3.8) is 0 Å². The molecule has 1 amide bonds. The van der Waals surface area contributed by atoms with Gasteiger partial charge in [-0.25, -0.2) is 0 Å². The minimum absolute atomic E-state index is 0.0325. The number of hydrogen-bond acceptors (Lipinski definition) is 4. The number of hydrogen-bond donors (Lipinski definition) is 2. The minimum Gasteiger partial charge on any atom is -0.379 e. The monoisotopic (exact) mass is 299 g/mol. The fourth-order valence-corrected chi connectivity index (χ4v) is 2.43. The Kier molecular flexibility index (Phi) is 8.88. The SMILES string of the molecule is CCCNC1COCC1C(=O)NCCCCN(C)C(C)C. The van der Waals surface area contributed by atoms with Crippen molar-refractivity contribution < 1.29 is 9.53 Å². The highest BCUT2D eigenvalue weighted by molar-refractivity contribution is 5.79. The van der Waals surface area contributed by atoms with Crippen LogP contribution in [0.4, 0.5) is 0 Å². The number of nitrogens with one attached hydrogen (secondary N) is 2. The van der Waals surface area contributed by atoms with Gasteiger partial charge in [0.25, 0.3) is 0 Å². The van der Waals surface area contributed by atoms with E-state index in [-0.39, 0.29) is 17.9 Å². The van der Waals surface area contributed by atoms with Crippen LogP contribution < -0.4 is 10.6 Å². The van der Waals surface area contributed by atoms with Crippen molar-refractivity contribution in [2.45, 2.75) is 52.1 Å². The lowest BCUT2D eigenvalue weighted by Crippen LogP contribution is -2.44. The van der Waals surface area contributed by atoms with Crippen molar-refractivity contribution >= 4 is 5.91 Å². The van der Waals surface area contributed by atoms with Gasteiger partial charge in [-0.1, -0.05) is 6.92 Å². The normalized spacial score (nSPS) is 22.2. The molecule has 2 unspecified atom stereocenters. The van der Waals surface area contributed by atoms with Crippen LogP contribution in [0.3, 0.4) is 0 Å². The third kappa shape index (κ3) is 6.76. The fourth-order valence-electron chi connectivity index (χ4n) is 2.43. The molecular weight excluding hydrogens is 266 g/mol. The molecule has 124 valence electrons. The van der Waals surface area contributed by atoms with Gasteiger partial charge in [0.05, 0.1) is 19.1 Å². The number of ether oxygens (including phenoxy) is 1. The standard InChI is InChI=1S/C16H33N3O2/c1-5-8-17-15-12-21-11-14(15)16(20)18-9-6-7-10-19(4)13(2)3/h13-15,17H,5-12H2,1-4H3,(H,18,20). The summed E-state index contributed by atoms with van der Waals surface area (Å²) in [6, 6.07) is 0.762. The van der Waals surface area contributed by atoms with Crippen LogP contribution in [-0.2, 0) is 9.53 Å². The van der Waals surface area contributed by atoms with Crippen molar-refractivity contribution in [3.05, 3.63) is 0 Å². The molecule has 0 aromatic rings. The lowest BCUT2D eigenvalue weighted by atomic mass is 10.0. The Morgan fingerprint density at radius 1 is 1.29 bits per heavy atom. The van der Waals surface area contributed by atoms with Gasteiger partial charge in [-0.15, -0.1) is 0 Å². The lowest BCUT2D eigenvalue weighted by Gasteiger charge is -2.21. The molecule has 2 N–H and O–H groups in total.